The Morgan fingerprint density at radius 2 is 1.94 bits per heavy atom. The molecule has 18 heavy (non-hydrogen) atoms. The van der Waals surface area contributed by atoms with E-state index in [0.717, 1.165) is 12.1 Å². The molecule has 2 rings (SSSR count). The van der Waals surface area contributed by atoms with Crippen molar-refractivity contribution in [3.05, 3.63) is 58.6 Å². The van der Waals surface area contributed by atoms with Crippen LogP contribution in [-0.4, -0.2) is 0 Å². The molecule has 5 heteroatoms. The van der Waals surface area contributed by atoms with E-state index in [0.29, 0.717) is 0 Å². The van der Waals surface area contributed by atoms with Gasteiger partial charge >= 0.3 is 0 Å². The second kappa shape index (κ2) is 5.03. The number of hydrogen-bond donors (Lipinski definition) is 0. The Morgan fingerprint density at radius 3 is 2.67 bits per heavy atom. The zero-order valence-electron chi connectivity index (χ0n) is 8.95. The maximum atomic E-state index is 13.6. The van der Waals surface area contributed by atoms with E-state index in [9.17, 15) is 8.78 Å². The Kier molecular flexibility index (Phi) is 3.45. The summed E-state index contributed by atoms with van der Waals surface area (Å²) in [6.07, 6.45) is 0. The lowest BCUT2D eigenvalue weighted by atomic mass is 10.2. The highest BCUT2D eigenvalue weighted by atomic mass is 35.5. The second-order valence-electron chi connectivity index (χ2n) is 3.44. The fraction of sp³-hybridized carbons (Fsp3) is 0. The van der Waals surface area contributed by atoms with Crippen molar-refractivity contribution in [2.75, 3.05) is 0 Å². The molecule has 90 valence electrons. The summed E-state index contributed by atoms with van der Waals surface area (Å²) >= 11 is 5.59. The number of halogens is 3. The summed E-state index contributed by atoms with van der Waals surface area (Å²) in [7, 11) is 0. The minimum absolute atomic E-state index is 0.0349. The molecule has 2 aromatic rings. The molecule has 0 spiro atoms. The van der Waals surface area contributed by atoms with Crippen LogP contribution < -0.4 is 4.74 Å². The van der Waals surface area contributed by atoms with Gasteiger partial charge in [-0.1, -0.05) is 17.7 Å². The van der Waals surface area contributed by atoms with Gasteiger partial charge in [0.25, 0.3) is 0 Å². The van der Waals surface area contributed by atoms with E-state index in [1.165, 1.54) is 24.3 Å². The van der Waals surface area contributed by atoms with Gasteiger partial charge in [0.1, 0.15) is 11.6 Å². The third kappa shape index (κ3) is 2.58. The molecule has 0 aromatic heterocycles. The minimum atomic E-state index is -0.734. The predicted molar refractivity (Wildman–Crippen MR) is 62.6 cm³/mol. The van der Waals surface area contributed by atoms with Crippen molar-refractivity contribution in [3.63, 3.8) is 0 Å². The maximum Gasteiger partial charge on any atom is 0.184 e. The molecular weight excluding hydrogens is 260 g/mol. The fourth-order valence-electron chi connectivity index (χ4n) is 1.38. The standard InChI is InChI=1S/C13H6ClF2NO/c14-11-2-1-3-12(13(11)16)18-10-5-8(7-17)4-9(15)6-10/h1-6H. The third-order valence-corrected chi connectivity index (χ3v) is 2.44. The van der Waals surface area contributed by atoms with Crippen LogP contribution in [0.25, 0.3) is 0 Å². The molecule has 2 nitrogen and oxygen atoms in total. The molecule has 0 atom stereocenters. The number of nitriles is 1. The summed E-state index contributed by atoms with van der Waals surface area (Å²) in [5, 5.41) is 8.59. The fourth-order valence-corrected chi connectivity index (χ4v) is 1.54. The van der Waals surface area contributed by atoms with Crippen LogP contribution in [0.5, 0.6) is 11.5 Å². The number of hydrogen-bond acceptors (Lipinski definition) is 2. The molecule has 0 amide bonds. The number of rotatable bonds is 2. The predicted octanol–water partition coefficient (Wildman–Crippen LogP) is 4.28. The smallest absolute Gasteiger partial charge is 0.184 e. The second-order valence-corrected chi connectivity index (χ2v) is 3.85. The summed E-state index contributed by atoms with van der Waals surface area (Å²) in [4.78, 5) is 0. The molecular formula is C13H6ClF2NO. The van der Waals surface area contributed by atoms with Crippen LogP contribution in [-0.2, 0) is 0 Å². The molecule has 0 heterocycles. The Hall–Kier alpha value is -2.12. The van der Waals surface area contributed by atoms with Gasteiger partial charge in [0.15, 0.2) is 11.6 Å². The first-order chi connectivity index (χ1) is 8.60. The Labute approximate surface area is 107 Å². The lowest BCUT2D eigenvalue weighted by Gasteiger charge is -2.07. The maximum absolute atomic E-state index is 13.6. The van der Waals surface area contributed by atoms with E-state index in [-0.39, 0.29) is 22.1 Å². The zero-order valence-corrected chi connectivity index (χ0v) is 9.71. The first-order valence-electron chi connectivity index (χ1n) is 4.92. The van der Waals surface area contributed by atoms with Crippen LogP contribution in [0.2, 0.25) is 5.02 Å². The normalized spacial score (nSPS) is 9.89. The van der Waals surface area contributed by atoms with E-state index in [4.69, 9.17) is 21.6 Å². The molecule has 0 unspecified atom stereocenters. The Bertz CT molecular complexity index is 637. The molecule has 0 N–H and O–H groups in total. The van der Waals surface area contributed by atoms with E-state index in [1.54, 1.807) is 6.07 Å². The van der Waals surface area contributed by atoms with E-state index < -0.39 is 11.6 Å². The molecule has 2 aromatic carbocycles. The molecule has 0 aliphatic heterocycles. The van der Waals surface area contributed by atoms with Gasteiger partial charge in [-0.3, -0.25) is 0 Å². The largest absolute Gasteiger partial charge is 0.454 e. The van der Waals surface area contributed by atoms with Gasteiger partial charge in [0.2, 0.25) is 0 Å². The first kappa shape index (κ1) is 12.3. The number of nitrogens with zero attached hydrogens (tertiary/aromatic N) is 1. The van der Waals surface area contributed by atoms with Crippen LogP contribution >= 0.6 is 11.6 Å². The summed E-state index contributed by atoms with van der Waals surface area (Å²) in [6.45, 7) is 0. The van der Waals surface area contributed by atoms with Crippen LogP contribution in [0.4, 0.5) is 8.78 Å². The third-order valence-electron chi connectivity index (χ3n) is 2.14. The van der Waals surface area contributed by atoms with Gasteiger partial charge in [0.05, 0.1) is 16.7 Å². The lowest BCUT2D eigenvalue weighted by Crippen LogP contribution is -1.91. The summed E-state index contributed by atoms with van der Waals surface area (Å²) in [5.74, 6) is -1.46. The molecule has 0 bridgehead atoms. The summed E-state index contributed by atoms with van der Waals surface area (Å²) in [6, 6.07) is 9.44. The monoisotopic (exact) mass is 265 g/mol. The topological polar surface area (TPSA) is 33.0 Å². The van der Waals surface area contributed by atoms with Crippen molar-refractivity contribution in [2.24, 2.45) is 0 Å². The van der Waals surface area contributed by atoms with Gasteiger partial charge in [-0.25, -0.2) is 8.78 Å². The van der Waals surface area contributed by atoms with Gasteiger partial charge < -0.3 is 4.74 Å². The average Bonchev–Trinajstić information content (AvgIpc) is 2.34. The van der Waals surface area contributed by atoms with Gasteiger partial charge in [-0.2, -0.15) is 5.26 Å². The van der Waals surface area contributed by atoms with Crippen molar-refractivity contribution in [3.8, 4) is 17.6 Å². The average molecular weight is 266 g/mol. The molecule has 0 aliphatic rings. The molecule has 0 fully saturated rings. The Balaban J connectivity index is 2.37. The summed E-state index contributed by atoms with van der Waals surface area (Å²) in [5.41, 5.74) is 0.0902. The molecule has 0 saturated heterocycles. The quantitative estimate of drug-likeness (QED) is 0.812. The van der Waals surface area contributed by atoms with Crippen molar-refractivity contribution in [2.45, 2.75) is 0 Å². The SMILES string of the molecule is N#Cc1cc(F)cc(Oc2cccc(Cl)c2F)c1. The van der Waals surface area contributed by atoms with Crippen LogP contribution in [0.15, 0.2) is 36.4 Å². The van der Waals surface area contributed by atoms with Crippen molar-refractivity contribution in [1.82, 2.24) is 0 Å². The van der Waals surface area contributed by atoms with Gasteiger partial charge in [0, 0.05) is 6.07 Å². The highest BCUT2D eigenvalue weighted by Gasteiger charge is 2.09. The first-order valence-corrected chi connectivity index (χ1v) is 5.30. The van der Waals surface area contributed by atoms with Crippen molar-refractivity contribution >= 4 is 11.6 Å². The highest BCUT2D eigenvalue weighted by Crippen LogP contribution is 2.29. The molecule has 0 radical (unpaired) electrons. The van der Waals surface area contributed by atoms with Gasteiger partial charge in [-0.15, -0.1) is 0 Å². The molecule has 0 saturated carbocycles. The van der Waals surface area contributed by atoms with Crippen molar-refractivity contribution < 1.29 is 13.5 Å². The van der Waals surface area contributed by atoms with Crippen molar-refractivity contribution in [1.29, 1.82) is 5.26 Å². The van der Waals surface area contributed by atoms with E-state index in [1.807, 2.05) is 0 Å². The van der Waals surface area contributed by atoms with E-state index >= 15 is 0 Å². The summed E-state index contributed by atoms with van der Waals surface area (Å²) < 4.78 is 31.9. The van der Waals surface area contributed by atoms with Crippen LogP contribution in [0.1, 0.15) is 5.56 Å². The minimum Gasteiger partial charge on any atom is -0.454 e. The number of ether oxygens (including phenoxy) is 1. The number of benzene rings is 2. The van der Waals surface area contributed by atoms with E-state index in [2.05, 4.69) is 0 Å². The van der Waals surface area contributed by atoms with Gasteiger partial charge in [-0.05, 0) is 24.3 Å². The van der Waals surface area contributed by atoms with Crippen LogP contribution in [0.3, 0.4) is 0 Å². The molecule has 0 aliphatic carbocycles. The Morgan fingerprint density at radius 1 is 1.17 bits per heavy atom. The lowest BCUT2D eigenvalue weighted by molar-refractivity contribution is 0.439. The van der Waals surface area contributed by atoms with Crippen LogP contribution in [0, 0.1) is 23.0 Å². The highest BCUT2D eigenvalue weighted by molar-refractivity contribution is 6.30. The zero-order chi connectivity index (χ0) is 13.1.